The molecule has 0 saturated carbocycles. The average molecular weight is 364 g/mol. The number of rotatable bonds is 2. The minimum atomic E-state index is -0.443. The number of ketones is 2. The van der Waals surface area contributed by atoms with Crippen LogP contribution < -0.4 is 0 Å². The van der Waals surface area contributed by atoms with Gasteiger partial charge in [-0.25, -0.2) is 19.9 Å². The first-order valence-corrected chi connectivity index (χ1v) is 8.67. The first-order chi connectivity index (χ1) is 13.7. The zero-order valence-electron chi connectivity index (χ0n) is 14.5. The molecular weight excluding hydrogens is 352 g/mol. The number of fused-ring (bicyclic) bond motifs is 2. The minimum absolute atomic E-state index is 0.0107. The summed E-state index contributed by atoms with van der Waals surface area (Å²) in [5, 5.41) is 0. The van der Waals surface area contributed by atoms with Gasteiger partial charge in [0.2, 0.25) is 11.6 Å². The fourth-order valence-corrected chi connectivity index (χ4v) is 3.24. The number of carbonyl (C=O) groups excluding carboxylic acids is 2. The summed E-state index contributed by atoms with van der Waals surface area (Å²) in [6, 6.07) is 18.9. The zero-order valence-corrected chi connectivity index (χ0v) is 14.5. The Hall–Kier alpha value is -4.06. The predicted molar refractivity (Wildman–Crippen MR) is 102 cm³/mol. The largest absolute Gasteiger partial charge is 0.285 e. The molecule has 0 aliphatic heterocycles. The summed E-state index contributed by atoms with van der Waals surface area (Å²) < 4.78 is 0. The second-order valence-corrected chi connectivity index (χ2v) is 6.26. The SMILES string of the molecule is O=C1c2nccnc2C(=O)c2nc(-c3ccccc3)c(-c3ccccc3)nc21. The summed E-state index contributed by atoms with van der Waals surface area (Å²) in [5.41, 5.74) is 2.75. The molecule has 132 valence electrons. The molecule has 4 aromatic rings. The molecule has 0 spiro atoms. The first kappa shape index (κ1) is 16.1. The van der Waals surface area contributed by atoms with Crippen LogP contribution in [0.1, 0.15) is 32.4 Å². The maximum Gasteiger partial charge on any atom is 0.234 e. The van der Waals surface area contributed by atoms with E-state index in [1.807, 2.05) is 60.7 Å². The van der Waals surface area contributed by atoms with Crippen LogP contribution in [0, 0.1) is 0 Å². The lowest BCUT2D eigenvalue weighted by Crippen LogP contribution is -2.26. The van der Waals surface area contributed by atoms with Crippen LogP contribution in [0.3, 0.4) is 0 Å². The van der Waals surface area contributed by atoms with Crippen LogP contribution in [-0.4, -0.2) is 31.5 Å². The van der Waals surface area contributed by atoms with Gasteiger partial charge in [0.15, 0.2) is 0 Å². The molecule has 28 heavy (non-hydrogen) atoms. The van der Waals surface area contributed by atoms with E-state index in [4.69, 9.17) is 0 Å². The normalized spacial score (nSPS) is 12.4. The fourth-order valence-electron chi connectivity index (χ4n) is 3.24. The van der Waals surface area contributed by atoms with Crippen molar-refractivity contribution in [3.05, 3.63) is 95.8 Å². The summed E-state index contributed by atoms with van der Waals surface area (Å²) in [4.78, 5) is 43.1. The Bertz CT molecular complexity index is 1140. The van der Waals surface area contributed by atoms with Gasteiger partial charge in [-0.3, -0.25) is 9.59 Å². The van der Waals surface area contributed by atoms with Gasteiger partial charge in [-0.15, -0.1) is 0 Å². The number of benzene rings is 2. The summed E-state index contributed by atoms with van der Waals surface area (Å²) in [6.45, 7) is 0. The summed E-state index contributed by atoms with van der Waals surface area (Å²) in [6.07, 6.45) is 2.78. The van der Waals surface area contributed by atoms with Gasteiger partial charge in [0.05, 0.1) is 11.4 Å². The lowest BCUT2D eigenvalue weighted by atomic mass is 9.95. The van der Waals surface area contributed by atoms with Crippen LogP contribution in [0.5, 0.6) is 0 Å². The summed E-state index contributed by atoms with van der Waals surface area (Å²) in [5.74, 6) is -0.885. The molecule has 5 rings (SSSR count). The Labute approximate surface area is 160 Å². The Kier molecular flexibility index (Phi) is 3.62. The Morgan fingerprint density at radius 1 is 0.464 bits per heavy atom. The van der Waals surface area contributed by atoms with E-state index in [0.29, 0.717) is 11.4 Å². The molecular formula is C22H12N4O2. The highest BCUT2D eigenvalue weighted by Crippen LogP contribution is 2.32. The fraction of sp³-hybridized carbons (Fsp3) is 0. The highest BCUT2D eigenvalue weighted by molar-refractivity contribution is 6.25. The summed E-state index contributed by atoms with van der Waals surface area (Å²) >= 11 is 0. The van der Waals surface area contributed by atoms with E-state index in [0.717, 1.165) is 11.1 Å². The zero-order chi connectivity index (χ0) is 19.1. The van der Waals surface area contributed by atoms with Crippen molar-refractivity contribution in [2.24, 2.45) is 0 Å². The van der Waals surface area contributed by atoms with Crippen molar-refractivity contribution >= 4 is 11.6 Å². The molecule has 0 saturated heterocycles. The number of carbonyl (C=O) groups is 2. The molecule has 0 atom stereocenters. The molecule has 6 heteroatoms. The highest BCUT2D eigenvalue weighted by atomic mass is 16.1. The molecule has 0 amide bonds. The van der Waals surface area contributed by atoms with E-state index in [2.05, 4.69) is 19.9 Å². The third-order valence-corrected chi connectivity index (χ3v) is 4.55. The molecule has 1 aliphatic rings. The number of aromatic nitrogens is 4. The van der Waals surface area contributed by atoms with Gasteiger partial charge >= 0.3 is 0 Å². The smallest absolute Gasteiger partial charge is 0.234 e. The molecule has 0 N–H and O–H groups in total. The van der Waals surface area contributed by atoms with E-state index in [9.17, 15) is 9.59 Å². The van der Waals surface area contributed by atoms with Crippen LogP contribution in [0.2, 0.25) is 0 Å². The van der Waals surface area contributed by atoms with Crippen LogP contribution in [0.25, 0.3) is 22.5 Å². The molecule has 2 aromatic carbocycles. The van der Waals surface area contributed by atoms with Gasteiger partial charge in [-0.1, -0.05) is 60.7 Å². The minimum Gasteiger partial charge on any atom is -0.285 e. The number of hydrogen-bond acceptors (Lipinski definition) is 6. The van der Waals surface area contributed by atoms with E-state index in [1.54, 1.807) is 0 Å². The maximum absolute atomic E-state index is 12.9. The van der Waals surface area contributed by atoms with Crippen molar-refractivity contribution in [1.82, 2.24) is 19.9 Å². The topological polar surface area (TPSA) is 85.7 Å². The number of hydrogen-bond donors (Lipinski definition) is 0. The van der Waals surface area contributed by atoms with Crippen LogP contribution >= 0.6 is 0 Å². The lowest BCUT2D eigenvalue weighted by molar-refractivity contribution is 0.0964. The van der Waals surface area contributed by atoms with Crippen LogP contribution in [-0.2, 0) is 0 Å². The van der Waals surface area contributed by atoms with Crippen LogP contribution in [0.4, 0.5) is 0 Å². The van der Waals surface area contributed by atoms with Gasteiger partial charge in [0.1, 0.15) is 22.8 Å². The third-order valence-electron chi connectivity index (χ3n) is 4.55. The Morgan fingerprint density at radius 2 is 0.857 bits per heavy atom. The molecule has 0 unspecified atom stereocenters. The van der Waals surface area contributed by atoms with Gasteiger partial charge in [-0.2, -0.15) is 0 Å². The highest BCUT2D eigenvalue weighted by Gasteiger charge is 2.36. The lowest BCUT2D eigenvalue weighted by Gasteiger charge is -2.17. The van der Waals surface area contributed by atoms with Crippen molar-refractivity contribution in [3.63, 3.8) is 0 Å². The van der Waals surface area contributed by atoms with Crippen molar-refractivity contribution in [3.8, 4) is 22.5 Å². The van der Waals surface area contributed by atoms with Gasteiger partial charge in [-0.05, 0) is 0 Å². The third kappa shape index (κ3) is 2.43. The predicted octanol–water partition coefficient (Wildman–Crippen LogP) is 3.38. The maximum atomic E-state index is 12.9. The monoisotopic (exact) mass is 364 g/mol. The van der Waals surface area contributed by atoms with Gasteiger partial charge < -0.3 is 0 Å². The molecule has 2 aromatic heterocycles. The quantitative estimate of drug-likeness (QED) is 0.477. The van der Waals surface area contributed by atoms with E-state index >= 15 is 0 Å². The van der Waals surface area contributed by atoms with E-state index < -0.39 is 11.6 Å². The standard InChI is InChI=1S/C22H12N4O2/c27-21-17-18(24-12-11-23-17)22(28)20-19(21)25-15(13-7-3-1-4-8-13)16(26-20)14-9-5-2-6-10-14/h1-12H. The summed E-state index contributed by atoms with van der Waals surface area (Å²) in [7, 11) is 0. The van der Waals surface area contributed by atoms with Crippen molar-refractivity contribution < 1.29 is 9.59 Å². The molecule has 1 aliphatic carbocycles. The van der Waals surface area contributed by atoms with Crippen LogP contribution in [0.15, 0.2) is 73.1 Å². The van der Waals surface area contributed by atoms with Crippen molar-refractivity contribution in [2.45, 2.75) is 0 Å². The molecule has 6 nitrogen and oxygen atoms in total. The van der Waals surface area contributed by atoms with Crippen molar-refractivity contribution in [2.75, 3.05) is 0 Å². The first-order valence-electron chi connectivity index (χ1n) is 8.67. The van der Waals surface area contributed by atoms with E-state index in [-0.39, 0.29) is 22.8 Å². The van der Waals surface area contributed by atoms with E-state index in [1.165, 1.54) is 12.4 Å². The van der Waals surface area contributed by atoms with Gasteiger partial charge in [0.25, 0.3) is 0 Å². The van der Waals surface area contributed by atoms with Crippen molar-refractivity contribution in [1.29, 1.82) is 0 Å². The molecule has 0 bridgehead atoms. The second kappa shape index (κ2) is 6.28. The molecule has 0 fully saturated rings. The number of nitrogens with zero attached hydrogens (tertiary/aromatic N) is 4. The Morgan fingerprint density at radius 3 is 1.25 bits per heavy atom. The Balaban J connectivity index is 1.82. The van der Waals surface area contributed by atoms with Gasteiger partial charge in [0, 0.05) is 23.5 Å². The molecule has 2 heterocycles. The average Bonchev–Trinajstić information content (AvgIpc) is 2.78. The molecule has 0 radical (unpaired) electrons. The second-order valence-electron chi connectivity index (χ2n) is 6.26.